The molecule has 1 heterocycles. The molecule has 0 unspecified atom stereocenters. The molecule has 0 bridgehead atoms. The summed E-state index contributed by atoms with van der Waals surface area (Å²) in [6.07, 6.45) is 4.66. The highest BCUT2D eigenvalue weighted by Gasteiger charge is 2.23. The maximum absolute atomic E-state index is 12.7. The minimum Gasteiger partial charge on any atom is -0.339 e. The fourth-order valence-electron chi connectivity index (χ4n) is 3.63. The summed E-state index contributed by atoms with van der Waals surface area (Å²) in [6, 6.07) is 8.24. The van der Waals surface area contributed by atoms with E-state index in [-0.39, 0.29) is 30.7 Å². The molecule has 0 atom stereocenters. The van der Waals surface area contributed by atoms with Gasteiger partial charge in [0.25, 0.3) is 5.91 Å². The number of piperidine rings is 1. The number of carbonyl (C=O) groups excluding carboxylic acids is 1. The number of carbonyl (C=O) groups is 1. The lowest BCUT2D eigenvalue weighted by Crippen LogP contribution is -2.39. The number of nitrogens with zero attached hydrogens (tertiary/aromatic N) is 2. The molecule has 1 aliphatic heterocycles. The molecule has 0 spiro atoms. The van der Waals surface area contributed by atoms with Gasteiger partial charge in [0.1, 0.15) is 0 Å². The maximum atomic E-state index is 12.7. The Bertz CT molecular complexity index is 517. The lowest BCUT2D eigenvalue weighted by atomic mass is 9.93. The van der Waals surface area contributed by atoms with Crippen molar-refractivity contribution in [3.63, 3.8) is 0 Å². The summed E-state index contributed by atoms with van der Waals surface area (Å²) in [5.41, 5.74) is 2.12. The van der Waals surface area contributed by atoms with Crippen LogP contribution in [0.2, 0.25) is 0 Å². The minimum absolute atomic E-state index is 0. The second-order valence-electron chi connectivity index (χ2n) is 7.19. The summed E-state index contributed by atoms with van der Waals surface area (Å²) in [4.78, 5) is 17.2. The molecule has 1 aromatic carbocycles. The Morgan fingerprint density at radius 3 is 2.30 bits per heavy atom. The largest absolute Gasteiger partial charge is 0.339 e. The molecule has 1 aliphatic rings. The molecule has 156 valence electrons. The summed E-state index contributed by atoms with van der Waals surface area (Å²) in [5, 5.41) is 3.22. The van der Waals surface area contributed by atoms with Crippen molar-refractivity contribution in [2.24, 2.45) is 5.92 Å². The van der Waals surface area contributed by atoms with Crippen LogP contribution in [0.15, 0.2) is 24.3 Å². The van der Waals surface area contributed by atoms with Gasteiger partial charge < -0.3 is 10.2 Å². The van der Waals surface area contributed by atoms with Crippen LogP contribution in [0.5, 0.6) is 0 Å². The average Bonchev–Trinajstić information content (AvgIpc) is 2.66. The minimum atomic E-state index is 0. The van der Waals surface area contributed by atoms with E-state index in [4.69, 9.17) is 0 Å². The highest BCUT2D eigenvalue weighted by atomic mass is 35.5. The van der Waals surface area contributed by atoms with E-state index >= 15 is 0 Å². The number of halogens is 2. The predicted octanol–water partition coefficient (Wildman–Crippen LogP) is 4.22. The van der Waals surface area contributed by atoms with E-state index in [1.807, 2.05) is 24.1 Å². The van der Waals surface area contributed by atoms with Crippen LogP contribution in [0.3, 0.4) is 0 Å². The van der Waals surface area contributed by atoms with E-state index in [0.29, 0.717) is 0 Å². The van der Waals surface area contributed by atoms with Gasteiger partial charge >= 0.3 is 0 Å². The van der Waals surface area contributed by atoms with Crippen molar-refractivity contribution >= 4 is 30.7 Å². The molecule has 6 heteroatoms. The lowest BCUT2D eigenvalue weighted by molar-refractivity contribution is 0.0687. The molecule has 27 heavy (non-hydrogen) atoms. The summed E-state index contributed by atoms with van der Waals surface area (Å²) >= 11 is 0. The van der Waals surface area contributed by atoms with E-state index in [0.717, 1.165) is 63.6 Å². The number of amides is 1. The van der Waals surface area contributed by atoms with Crippen molar-refractivity contribution in [3.05, 3.63) is 35.4 Å². The van der Waals surface area contributed by atoms with E-state index in [9.17, 15) is 4.79 Å². The van der Waals surface area contributed by atoms with Crippen LogP contribution in [0, 0.1) is 5.92 Å². The normalized spacial score (nSPS) is 14.6. The quantitative estimate of drug-likeness (QED) is 0.652. The van der Waals surface area contributed by atoms with Crippen LogP contribution in [0.25, 0.3) is 0 Å². The Balaban J connectivity index is 0.00000338. The Hall–Kier alpha value is -0.810. The van der Waals surface area contributed by atoms with Crippen molar-refractivity contribution in [1.82, 2.24) is 15.1 Å². The van der Waals surface area contributed by atoms with Gasteiger partial charge in [0.05, 0.1) is 0 Å². The molecule has 1 amide bonds. The van der Waals surface area contributed by atoms with Crippen LogP contribution in [-0.4, -0.2) is 55.5 Å². The van der Waals surface area contributed by atoms with E-state index < -0.39 is 0 Å². The molecule has 1 saturated heterocycles. The Morgan fingerprint density at radius 1 is 1.15 bits per heavy atom. The molecule has 0 aromatic heterocycles. The Kier molecular flexibility index (Phi) is 13.8. The second kappa shape index (κ2) is 14.2. The molecule has 1 aromatic rings. The monoisotopic (exact) mass is 417 g/mol. The van der Waals surface area contributed by atoms with Gasteiger partial charge in [-0.25, -0.2) is 0 Å². The first-order valence-corrected chi connectivity index (χ1v) is 9.93. The van der Waals surface area contributed by atoms with Gasteiger partial charge in [-0.3, -0.25) is 9.69 Å². The van der Waals surface area contributed by atoms with Crippen LogP contribution >= 0.6 is 24.8 Å². The second-order valence-corrected chi connectivity index (χ2v) is 7.19. The van der Waals surface area contributed by atoms with Crippen LogP contribution in [0.4, 0.5) is 0 Å². The SMILES string of the molecule is CCCN(CC)Cc1ccc(C(=O)N2CCC(CCNC)CC2)cc1.Cl.Cl. The molecule has 1 fully saturated rings. The number of benzene rings is 1. The van der Waals surface area contributed by atoms with Gasteiger partial charge in [-0.1, -0.05) is 26.0 Å². The topological polar surface area (TPSA) is 35.6 Å². The van der Waals surface area contributed by atoms with Crippen molar-refractivity contribution in [2.75, 3.05) is 39.8 Å². The number of nitrogens with one attached hydrogen (secondary N) is 1. The Morgan fingerprint density at radius 2 is 1.78 bits per heavy atom. The van der Waals surface area contributed by atoms with Gasteiger partial charge in [-0.05, 0) is 76.0 Å². The Labute approximate surface area is 177 Å². The fraction of sp³-hybridized carbons (Fsp3) is 0.667. The number of hydrogen-bond acceptors (Lipinski definition) is 3. The molecule has 2 rings (SSSR count). The predicted molar refractivity (Wildman–Crippen MR) is 119 cm³/mol. The van der Waals surface area contributed by atoms with Crippen LogP contribution < -0.4 is 5.32 Å². The van der Waals surface area contributed by atoms with Crippen LogP contribution in [-0.2, 0) is 6.54 Å². The summed E-state index contributed by atoms with van der Waals surface area (Å²) in [7, 11) is 2.00. The molecular formula is C21H37Cl2N3O. The van der Waals surface area contributed by atoms with Gasteiger partial charge in [0.15, 0.2) is 0 Å². The number of rotatable bonds is 9. The number of likely N-dealkylation sites (tertiary alicyclic amines) is 1. The van der Waals surface area contributed by atoms with Gasteiger partial charge in [-0.2, -0.15) is 0 Å². The van der Waals surface area contributed by atoms with E-state index in [2.05, 4.69) is 36.2 Å². The van der Waals surface area contributed by atoms with E-state index in [1.165, 1.54) is 18.4 Å². The zero-order valence-corrected chi connectivity index (χ0v) is 18.7. The van der Waals surface area contributed by atoms with Gasteiger partial charge in [0, 0.05) is 25.2 Å². The van der Waals surface area contributed by atoms with Crippen molar-refractivity contribution < 1.29 is 4.79 Å². The van der Waals surface area contributed by atoms with E-state index in [1.54, 1.807) is 0 Å². The first-order chi connectivity index (χ1) is 12.2. The van der Waals surface area contributed by atoms with Crippen molar-refractivity contribution in [2.45, 2.75) is 46.1 Å². The third kappa shape index (κ3) is 8.39. The lowest BCUT2D eigenvalue weighted by Gasteiger charge is -2.32. The molecule has 0 aliphatic carbocycles. The molecular weight excluding hydrogens is 381 g/mol. The smallest absolute Gasteiger partial charge is 0.253 e. The van der Waals surface area contributed by atoms with Crippen molar-refractivity contribution in [3.8, 4) is 0 Å². The molecule has 0 saturated carbocycles. The van der Waals surface area contributed by atoms with Gasteiger partial charge in [-0.15, -0.1) is 24.8 Å². The zero-order chi connectivity index (χ0) is 18.1. The summed E-state index contributed by atoms with van der Waals surface area (Å²) in [5.74, 6) is 0.956. The summed E-state index contributed by atoms with van der Waals surface area (Å²) in [6.45, 7) is 10.4. The molecule has 0 radical (unpaired) electrons. The van der Waals surface area contributed by atoms with Gasteiger partial charge in [0.2, 0.25) is 0 Å². The zero-order valence-electron chi connectivity index (χ0n) is 17.1. The first kappa shape index (κ1) is 26.2. The molecule has 1 N–H and O–H groups in total. The molecule has 4 nitrogen and oxygen atoms in total. The highest BCUT2D eigenvalue weighted by molar-refractivity contribution is 5.94. The third-order valence-electron chi connectivity index (χ3n) is 5.30. The maximum Gasteiger partial charge on any atom is 0.253 e. The summed E-state index contributed by atoms with van der Waals surface area (Å²) < 4.78 is 0. The first-order valence-electron chi connectivity index (χ1n) is 9.93. The van der Waals surface area contributed by atoms with Crippen molar-refractivity contribution in [1.29, 1.82) is 0 Å². The standard InChI is InChI=1S/C21H35N3O.2ClH/c1-4-14-23(5-2)17-19-6-8-20(9-7-19)21(25)24-15-11-18(12-16-24)10-13-22-3;;/h6-9,18,22H,4-5,10-17H2,1-3H3;2*1H. The highest BCUT2D eigenvalue weighted by Crippen LogP contribution is 2.21. The van der Waals surface area contributed by atoms with Crippen LogP contribution in [0.1, 0.15) is 55.5 Å². The average molecular weight is 418 g/mol. The fourth-order valence-corrected chi connectivity index (χ4v) is 3.63. The third-order valence-corrected chi connectivity index (χ3v) is 5.30. The number of hydrogen-bond donors (Lipinski definition) is 1.